The zero-order valence-electron chi connectivity index (χ0n) is 6.16. The molecule has 0 atom stereocenters. The molecule has 0 radical (unpaired) electrons. The third kappa shape index (κ3) is 1.38. The van der Waals surface area contributed by atoms with Gasteiger partial charge in [0, 0.05) is 6.20 Å². The van der Waals surface area contributed by atoms with E-state index in [0.29, 0.717) is 6.61 Å². The lowest BCUT2D eigenvalue weighted by Gasteiger charge is -2.09. The summed E-state index contributed by atoms with van der Waals surface area (Å²) in [5.74, 6) is 0.880. The average Bonchev–Trinajstić information content (AvgIpc) is 2.05. The largest absolute Gasteiger partial charge is 0.487 e. The van der Waals surface area contributed by atoms with Crippen molar-refractivity contribution in [1.29, 1.82) is 0 Å². The van der Waals surface area contributed by atoms with Crippen molar-refractivity contribution in [2.24, 2.45) is 0 Å². The van der Waals surface area contributed by atoms with Crippen molar-refractivity contribution in [2.45, 2.75) is 0 Å². The molecule has 0 fully saturated rings. The Kier molecular flexibility index (Phi) is 2.23. The predicted octanol–water partition coefficient (Wildman–Crippen LogP) is 1.65. The van der Waals surface area contributed by atoms with Crippen molar-refractivity contribution in [2.75, 3.05) is 6.61 Å². The average molecular weight is 150 g/mol. The first-order valence-corrected chi connectivity index (χ1v) is 3.21. The Morgan fingerprint density at radius 2 is 2.36 bits per heavy atom. The van der Waals surface area contributed by atoms with E-state index < -0.39 is 0 Å². The molecule has 1 aliphatic rings. The fourth-order valence-electron chi connectivity index (χ4n) is 0.948. The van der Waals surface area contributed by atoms with Crippen LogP contribution in [0, 0.1) is 0 Å². The molecule has 2 rings (SSSR count). The summed E-state index contributed by atoms with van der Waals surface area (Å²) < 4.78 is 5.27. The fourth-order valence-corrected chi connectivity index (χ4v) is 0.948. The Labute approximate surface area is 65.3 Å². The third-order valence-electron chi connectivity index (χ3n) is 1.41. The van der Waals surface area contributed by atoms with Crippen LogP contribution in [0.25, 0.3) is 6.08 Å². The van der Waals surface area contributed by atoms with Crippen LogP contribution in [0.5, 0.6) is 5.75 Å². The first kappa shape index (κ1) is 7.75. The van der Waals surface area contributed by atoms with Gasteiger partial charge in [0.2, 0.25) is 0 Å². The summed E-state index contributed by atoms with van der Waals surface area (Å²) in [6, 6.07) is 3.80. The predicted molar refractivity (Wildman–Crippen MR) is 43.8 cm³/mol. The van der Waals surface area contributed by atoms with Gasteiger partial charge in [-0.1, -0.05) is 0 Å². The minimum Gasteiger partial charge on any atom is -0.487 e. The SMILES string of the molecule is C1=Cc2ncccc2OC1.N. The van der Waals surface area contributed by atoms with Crippen molar-refractivity contribution in [1.82, 2.24) is 11.1 Å². The van der Waals surface area contributed by atoms with Gasteiger partial charge < -0.3 is 10.9 Å². The lowest BCUT2D eigenvalue weighted by atomic mass is 10.3. The first-order valence-electron chi connectivity index (χ1n) is 3.21. The van der Waals surface area contributed by atoms with Crippen molar-refractivity contribution >= 4 is 6.08 Å². The van der Waals surface area contributed by atoms with E-state index in [9.17, 15) is 0 Å². The van der Waals surface area contributed by atoms with E-state index in [0.717, 1.165) is 11.4 Å². The highest BCUT2D eigenvalue weighted by Gasteiger charge is 2.02. The van der Waals surface area contributed by atoms with Crippen molar-refractivity contribution in [3.63, 3.8) is 0 Å². The van der Waals surface area contributed by atoms with Crippen molar-refractivity contribution in [3.05, 3.63) is 30.1 Å². The summed E-state index contributed by atoms with van der Waals surface area (Å²) in [7, 11) is 0. The molecule has 0 aromatic carbocycles. The van der Waals surface area contributed by atoms with Crippen LogP contribution >= 0.6 is 0 Å². The van der Waals surface area contributed by atoms with Gasteiger partial charge in [-0.15, -0.1) is 0 Å². The lowest BCUT2D eigenvalue weighted by molar-refractivity contribution is 0.356. The monoisotopic (exact) mass is 150 g/mol. The highest BCUT2D eigenvalue weighted by molar-refractivity contribution is 5.54. The van der Waals surface area contributed by atoms with E-state index in [1.165, 1.54) is 0 Å². The molecule has 3 heteroatoms. The van der Waals surface area contributed by atoms with Gasteiger partial charge in [-0.3, -0.25) is 4.98 Å². The van der Waals surface area contributed by atoms with Gasteiger partial charge in [0.05, 0.1) is 0 Å². The number of nitrogens with zero attached hydrogens (tertiary/aromatic N) is 1. The molecule has 1 aromatic rings. The fraction of sp³-hybridized carbons (Fsp3) is 0.125. The van der Waals surface area contributed by atoms with Gasteiger partial charge in [-0.05, 0) is 24.3 Å². The standard InChI is InChI=1S/C8H7NO.H3N/c1-4-8-7(9-5-1)3-2-6-10-8;/h1-5H,6H2;1H3. The summed E-state index contributed by atoms with van der Waals surface area (Å²) in [4.78, 5) is 4.11. The summed E-state index contributed by atoms with van der Waals surface area (Å²) in [6.45, 7) is 0.665. The molecule has 58 valence electrons. The molecule has 0 saturated carbocycles. The molecule has 0 saturated heterocycles. The Bertz CT molecular complexity index is 271. The quantitative estimate of drug-likeness (QED) is 0.611. The number of hydrogen-bond donors (Lipinski definition) is 1. The normalized spacial score (nSPS) is 12.7. The van der Waals surface area contributed by atoms with Crippen LogP contribution in [0.2, 0.25) is 0 Å². The number of hydrogen-bond acceptors (Lipinski definition) is 3. The second kappa shape index (κ2) is 3.16. The molecule has 11 heavy (non-hydrogen) atoms. The summed E-state index contributed by atoms with van der Waals surface area (Å²) in [5.41, 5.74) is 0.925. The molecule has 1 aliphatic heterocycles. The second-order valence-corrected chi connectivity index (χ2v) is 2.10. The maximum absolute atomic E-state index is 5.27. The van der Waals surface area contributed by atoms with Gasteiger partial charge in [0.1, 0.15) is 18.1 Å². The van der Waals surface area contributed by atoms with Crippen LogP contribution in [0.4, 0.5) is 0 Å². The van der Waals surface area contributed by atoms with Crippen LogP contribution in [0.1, 0.15) is 5.69 Å². The molecular formula is C8H10N2O. The van der Waals surface area contributed by atoms with Gasteiger partial charge in [0.15, 0.2) is 0 Å². The molecule has 0 unspecified atom stereocenters. The topological polar surface area (TPSA) is 57.1 Å². The van der Waals surface area contributed by atoms with Crippen LogP contribution in [-0.4, -0.2) is 11.6 Å². The molecule has 0 bridgehead atoms. The van der Waals surface area contributed by atoms with Crippen LogP contribution < -0.4 is 10.9 Å². The Morgan fingerprint density at radius 3 is 3.18 bits per heavy atom. The molecule has 0 aliphatic carbocycles. The molecule has 3 nitrogen and oxygen atoms in total. The number of ether oxygens (including phenoxy) is 1. The first-order chi connectivity index (χ1) is 4.97. The smallest absolute Gasteiger partial charge is 0.145 e. The zero-order valence-corrected chi connectivity index (χ0v) is 6.16. The van der Waals surface area contributed by atoms with Gasteiger partial charge in [-0.25, -0.2) is 0 Å². The molecule has 0 amide bonds. The highest BCUT2D eigenvalue weighted by Crippen LogP contribution is 2.19. The molecule has 0 spiro atoms. The summed E-state index contributed by atoms with van der Waals surface area (Å²) >= 11 is 0. The minimum absolute atomic E-state index is 0. The second-order valence-electron chi connectivity index (χ2n) is 2.10. The van der Waals surface area contributed by atoms with Crippen LogP contribution in [0.15, 0.2) is 24.4 Å². The van der Waals surface area contributed by atoms with Gasteiger partial charge >= 0.3 is 0 Å². The summed E-state index contributed by atoms with van der Waals surface area (Å²) in [5, 5.41) is 0. The van der Waals surface area contributed by atoms with Crippen molar-refractivity contribution < 1.29 is 4.74 Å². The lowest BCUT2D eigenvalue weighted by Crippen LogP contribution is -2.00. The third-order valence-corrected chi connectivity index (χ3v) is 1.41. The summed E-state index contributed by atoms with van der Waals surface area (Å²) in [6.07, 6.45) is 5.69. The van der Waals surface area contributed by atoms with Crippen LogP contribution in [-0.2, 0) is 0 Å². The van der Waals surface area contributed by atoms with E-state index in [-0.39, 0.29) is 6.15 Å². The number of fused-ring (bicyclic) bond motifs is 1. The molecular weight excluding hydrogens is 140 g/mol. The minimum atomic E-state index is 0. The van der Waals surface area contributed by atoms with E-state index in [2.05, 4.69) is 4.98 Å². The number of aromatic nitrogens is 1. The molecule has 1 aromatic heterocycles. The van der Waals surface area contributed by atoms with E-state index in [4.69, 9.17) is 4.74 Å². The molecule has 2 heterocycles. The number of pyridine rings is 1. The highest BCUT2D eigenvalue weighted by atomic mass is 16.5. The Hall–Kier alpha value is -1.35. The van der Waals surface area contributed by atoms with E-state index >= 15 is 0 Å². The van der Waals surface area contributed by atoms with Crippen LogP contribution in [0.3, 0.4) is 0 Å². The van der Waals surface area contributed by atoms with E-state index in [1.807, 2.05) is 24.3 Å². The Morgan fingerprint density at radius 1 is 1.45 bits per heavy atom. The maximum Gasteiger partial charge on any atom is 0.145 e. The van der Waals surface area contributed by atoms with Crippen molar-refractivity contribution in [3.8, 4) is 5.75 Å². The van der Waals surface area contributed by atoms with E-state index in [1.54, 1.807) is 6.20 Å². The maximum atomic E-state index is 5.27. The number of rotatable bonds is 0. The van der Waals surface area contributed by atoms with Gasteiger partial charge in [-0.2, -0.15) is 0 Å². The van der Waals surface area contributed by atoms with Gasteiger partial charge in [0.25, 0.3) is 0 Å². The molecule has 3 N–H and O–H groups in total. The zero-order chi connectivity index (χ0) is 6.81. The Balaban J connectivity index is 0.000000605.